The Morgan fingerprint density at radius 3 is 0.602 bits per heavy atom. The van der Waals surface area contributed by atoms with Crippen molar-refractivity contribution in [1.29, 1.82) is 0 Å². The summed E-state index contributed by atoms with van der Waals surface area (Å²) < 4.78 is 8.81. The minimum atomic E-state index is -0.944. The Kier molecular flexibility index (Phi) is 123. The Bertz CT molecular complexity index is 2760. The molecule has 769 valence electrons. The number of rotatable bonds is 38. The second-order valence-electron chi connectivity index (χ2n) is 28.1. The number of hydrogen-bond acceptors (Lipinski definition) is 32. The van der Waals surface area contributed by atoms with E-state index in [1.165, 1.54) is 87.2 Å². The number of ether oxygens (including phenoxy) is 2. The predicted octanol–water partition coefficient (Wildman–Crippen LogP) is -2.26. The third-order valence-electron chi connectivity index (χ3n) is 17.7. The van der Waals surface area contributed by atoms with Gasteiger partial charge in [-0.05, 0) is 118 Å². The van der Waals surface area contributed by atoms with E-state index < -0.39 is 103 Å². The summed E-state index contributed by atoms with van der Waals surface area (Å²) in [6.07, 6.45) is -8.65. The molecule has 45 heteroatoms. The monoisotopic (exact) mass is 2080 g/mol. The van der Waals surface area contributed by atoms with Gasteiger partial charge in [0.15, 0.2) is 0 Å². The van der Waals surface area contributed by atoms with E-state index in [2.05, 4.69) is 53.1 Å². The molecule has 0 aromatic rings. The van der Waals surface area contributed by atoms with Crippen LogP contribution in [-0.4, -0.2) is 402 Å². The molecule has 44 nitrogen and oxygen atoms in total. The van der Waals surface area contributed by atoms with E-state index in [1.54, 1.807) is 123 Å². The first-order chi connectivity index (χ1) is 56.7. The number of amides is 12. The van der Waals surface area contributed by atoms with Crippen molar-refractivity contribution in [2.24, 2.45) is 11.7 Å². The van der Waals surface area contributed by atoms with Crippen molar-refractivity contribution in [3.8, 4) is 0 Å². The zero-order chi connectivity index (χ0) is 101. The fourth-order valence-corrected chi connectivity index (χ4v) is 9.58. The fraction of sp³-hybridized carbons (Fsp3) is 0.831. The Balaban J connectivity index is -0.0000000733. The molecular formula is C83H184AcN14O30. The zero-order valence-electron chi connectivity index (χ0n) is 80.5. The maximum absolute atomic E-state index is 11.7. The number of likely N-dealkylation sites (N-methyl/N-ethyl adjacent to an activating group) is 4. The van der Waals surface area contributed by atoms with Gasteiger partial charge in [-0.3, -0.25) is 78.8 Å². The standard InChI is InChI=1S/2C13H26N2O4.C11H22N2O4.C11H22N2O3.C10H19NO4.C9H18N2O3.C8H15NO4.4CH4O.4CH4.Ac.H4N2/c2*1-6-15(11(5)17)9(3)12(18)7-13(19)14-8(2)10(4)16;1-6(8(3)14)13-11(17)5-10(16)7(2)12-9(4)15;1-6-13(9(3)14)8(2)10(15)7-11(16)12(4)5;1-5-11(8(3)12)7(2)9(13)6-10(14)15-4;1-6(10-7(2)12)8(13)5-9(14)11(3)4;1-5(9-6(2)10)7(11)4-8(12)13-3;4*1-2;;;;;;1-2/h2*8-10,12,16,18H,6-7H2,1-5H3,(H,14,19);6-8,10,14,16H,5H2,1-4H3,(H,12,15)(H,13,17);8,10,15H,6-7H2,1-5H3;7,9,13H,5-6H2,1-4H3;6,8,13H,5H2,1-4H3,(H,10,12);5,7,11H,4H2,1-3H3,(H,9,10);4*2H,1H3;4*1H4;;1-2H2. The Hall–Kier alpha value is -6.62. The van der Waals surface area contributed by atoms with Gasteiger partial charge in [0.1, 0.15) is 0 Å². The van der Waals surface area contributed by atoms with E-state index in [0.29, 0.717) is 26.2 Å². The maximum Gasteiger partial charge on any atom is 0.308 e. The van der Waals surface area contributed by atoms with Gasteiger partial charge in [-0.25, -0.2) is 0 Å². The molecule has 0 aliphatic rings. The van der Waals surface area contributed by atoms with Crippen LogP contribution < -0.4 is 43.6 Å². The minimum Gasteiger partial charge on any atom is -0.469 e. The van der Waals surface area contributed by atoms with Gasteiger partial charge >= 0.3 is 11.9 Å². The zero-order valence-corrected chi connectivity index (χ0v) is 85.3. The first-order valence-corrected chi connectivity index (χ1v) is 39.9. The number of aliphatic hydroxyl groups is 14. The molecule has 0 heterocycles. The molecule has 0 bridgehead atoms. The third-order valence-corrected chi connectivity index (χ3v) is 17.7. The van der Waals surface area contributed by atoms with Crippen molar-refractivity contribution in [2.45, 2.75) is 362 Å². The quantitative estimate of drug-likeness (QED) is 0.0176. The number of hydrogen-bond donors (Lipinski definition) is 22. The molecular weight excluding hydrogens is 1900 g/mol. The van der Waals surface area contributed by atoms with Crippen LogP contribution in [0.15, 0.2) is 0 Å². The summed E-state index contributed by atoms with van der Waals surface area (Å²) in [5, 5.41) is 139. The molecule has 0 aromatic carbocycles. The molecule has 20 unspecified atom stereocenters. The van der Waals surface area contributed by atoms with Crippen molar-refractivity contribution in [3.63, 3.8) is 0 Å². The van der Waals surface area contributed by atoms with Gasteiger partial charge in [-0.15, -0.1) is 0 Å². The van der Waals surface area contributed by atoms with Crippen LogP contribution in [0.1, 0.15) is 241 Å². The summed E-state index contributed by atoms with van der Waals surface area (Å²) in [5.74, 6) is 4.51. The third kappa shape index (κ3) is 88.6. The summed E-state index contributed by atoms with van der Waals surface area (Å²) in [5.41, 5.74) is 0. The first kappa shape index (κ1) is 161. The molecule has 0 spiro atoms. The van der Waals surface area contributed by atoms with Gasteiger partial charge in [0.2, 0.25) is 70.9 Å². The first-order valence-electron chi connectivity index (χ1n) is 39.9. The van der Waals surface area contributed by atoms with Crippen LogP contribution in [-0.2, 0) is 76.6 Å². The van der Waals surface area contributed by atoms with E-state index in [4.69, 9.17) is 20.4 Å². The van der Waals surface area contributed by atoms with Crippen LogP contribution in [0.3, 0.4) is 0 Å². The summed E-state index contributed by atoms with van der Waals surface area (Å²) >= 11 is 0. The smallest absolute Gasteiger partial charge is 0.308 e. The number of nitrogens with two attached hydrogens (primary N) is 2. The number of nitrogens with zero attached hydrogens (tertiary/aromatic N) is 6. The van der Waals surface area contributed by atoms with Crippen LogP contribution >= 0.6 is 0 Å². The molecule has 1 radical (unpaired) electrons. The second kappa shape index (κ2) is 97.9. The largest absolute Gasteiger partial charge is 0.469 e. The van der Waals surface area contributed by atoms with Crippen molar-refractivity contribution in [2.75, 3.05) is 97.0 Å². The van der Waals surface area contributed by atoms with Crippen molar-refractivity contribution in [3.05, 3.63) is 0 Å². The van der Waals surface area contributed by atoms with Gasteiger partial charge in [-0.1, -0.05) is 29.7 Å². The number of hydrazine groups is 1. The topological polar surface area (TPSA) is 684 Å². The number of aliphatic hydroxyl groups excluding tert-OH is 14. The number of nitrogens with one attached hydrogen (secondary N) is 6. The van der Waals surface area contributed by atoms with Crippen molar-refractivity contribution in [1.82, 2.24) is 61.3 Å². The Morgan fingerprint density at radius 2 is 0.438 bits per heavy atom. The van der Waals surface area contributed by atoms with E-state index in [1.807, 2.05) is 27.7 Å². The summed E-state index contributed by atoms with van der Waals surface area (Å²) in [4.78, 5) is 165. The normalized spacial score (nSPS) is 14.2. The molecule has 20 atom stereocenters. The molecule has 0 saturated carbocycles. The molecule has 24 N–H and O–H groups in total. The SMILES string of the molecule is C.C.C.C.CC(=O)NC(C)C(O)CC(=O)N(C)C.CC(=O)NC(C)C(O)CC(=O)NC(C)C(C)O.CCN(C(C)=O)C(C)C(O)CC(=O)N(C)C.CCN(C(C)=O)C(C)C(O)CC(=O)NC(C)C(C)O.CCN(C(C)=O)C(C)C(O)CC(=O)NC(C)C(C)O.CCN(C(C)=O)C(C)C(O)CC(=O)OC.CO.CO.CO.CO.COC(=O)CC(O)C(C)NC(C)=O.NN.[Ac]. The average molecular weight is 2090 g/mol. The number of carbonyl (C=O) groups is 14. The molecule has 0 rings (SSSR count). The van der Waals surface area contributed by atoms with Crippen LogP contribution in [0.4, 0.5) is 0 Å². The van der Waals surface area contributed by atoms with Crippen LogP contribution in [0.5, 0.6) is 0 Å². The Labute approximate surface area is 802 Å². The van der Waals surface area contributed by atoms with Gasteiger partial charge in [-0.2, -0.15) is 0 Å². The fourth-order valence-electron chi connectivity index (χ4n) is 9.58. The number of esters is 2. The predicted molar refractivity (Wildman–Crippen MR) is 491 cm³/mol. The summed E-state index contributed by atoms with van der Waals surface area (Å²) in [6, 6.07) is -4.02. The minimum absolute atomic E-state index is 0. The van der Waals surface area contributed by atoms with Crippen LogP contribution in [0.2, 0.25) is 0 Å². The number of carbonyl (C=O) groups excluding carboxylic acids is 14. The van der Waals surface area contributed by atoms with Gasteiger partial charge in [0.05, 0.1) is 181 Å². The molecule has 0 saturated heterocycles. The molecule has 0 aliphatic heterocycles. The molecule has 12 amide bonds. The van der Waals surface area contributed by atoms with Crippen LogP contribution in [0.25, 0.3) is 0 Å². The average Bonchev–Trinajstić information content (AvgIpc) is 0.892. The number of methoxy groups -OCH3 is 2. The molecule has 0 fully saturated rings. The van der Waals surface area contributed by atoms with Gasteiger partial charge in [0, 0.05) is 175 Å². The van der Waals surface area contributed by atoms with Gasteiger partial charge in [0.25, 0.3) is 0 Å². The maximum atomic E-state index is 11.7. The van der Waals surface area contributed by atoms with E-state index in [0.717, 1.165) is 28.4 Å². The van der Waals surface area contributed by atoms with E-state index in [9.17, 15) is 118 Å². The molecule has 0 aliphatic carbocycles. The Morgan fingerprint density at radius 1 is 0.281 bits per heavy atom. The summed E-state index contributed by atoms with van der Waals surface area (Å²) in [7, 11) is 13.0. The molecule has 0 aromatic heterocycles. The summed E-state index contributed by atoms with van der Waals surface area (Å²) in [6.45, 7) is 40.7. The van der Waals surface area contributed by atoms with E-state index >= 15 is 0 Å². The van der Waals surface area contributed by atoms with Crippen LogP contribution in [0, 0.1) is 44.1 Å². The van der Waals surface area contributed by atoms with Crippen molar-refractivity contribution < 1.29 is 192 Å². The van der Waals surface area contributed by atoms with Gasteiger partial charge < -0.3 is 142 Å². The molecule has 128 heavy (non-hydrogen) atoms. The van der Waals surface area contributed by atoms with E-state index in [-0.39, 0.29) is 220 Å². The van der Waals surface area contributed by atoms with Crippen molar-refractivity contribution >= 4 is 82.8 Å². The second-order valence-corrected chi connectivity index (χ2v) is 28.1.